The third kappa shape index (κ3) is 2.56. The number of hydrogen-bond donors (Lipinski definition) is 1. The van der Waals surface area contributed by atoms with Crippen LogP contribution in [0, 0.1) is 0 Å². The van der Waals surface area contributed by atoms with Gasteiger partial charge in [0.05, 0.1) is 11.9 Å². The van der Waals surface area contributed by atoms with Crippen LogP contribution in [0.1, 0.15) is 24.8 Å². The molecule has 0 saturated heterocycles. The molecule has 0 radical (unpaired) electrons. The van der Waals surface area contributed by atoms with Gasteiger partial charge in [-0.25, -0.2) is 8.42 Å². The predicted molar refractivity (Wildman–Crippen MR) is 75.5 cm³/mol. The van der Waals surface area contributed by atoms with Gasteiger partial charge < -0.3 is 10.1 Å². The van der Waals surface area contributed by atoms with E-state index in [2.05, 4.69) is 11.4 Å². The van der Waals surface area contributed by atoms with E-state index in [9.17, 15) is 8.42 Å². The van der Waals surface area contributed by atoms with Crippen molar-refractivity contribution in [2.75, 3.05) is 18.2 Å². The molecule has 1 aromatic carbocycles. The number of rotatable bonds is 3. The van der Waals surface area contributed by atoms with Crippen molar-refractivity contribution in [2.24, 2.45) is 0 Å². The molecular formula is C14H19NO3S. The average Bonchev–Trinajstić information content (AvgIpc) is 2.95. The Hall–Kier alpha value is -1.23. The molecule has 104 valence electrons. The topological polar surface area (TPSA) is 55.4 Å². The first-order valence-electron chi connectivity index (χ1n) is 6.75. The largest absolute Gasteiger partial charge is 0.493 e. The maximum Gasteiger partial charge on any atom is 0.152 e. The molecule has 1 heterocycles. The van der Waals surface area contributed by atoms with Crippen molar-refractivity contribution in [3.8, 4) is 5.75 Å². The van der Waals surface area contributed by atoms with Crippen LogP contribution in [0.15, 0.2) is 18.2 Å². The number of hydrogen-bond acceptors (Lipinski definition) is 4. The molecule has 2 unspecified atom stereocenters. The lowest BCUT2D eigenvalue weighted by molar-refractivity contribution is 0.357. The standard InChI is InChI=1S/C14H19NO3S/c1-19(16,17)14-4-2-3-12(14)15-11-5-6-13-10(9-11)7-8-18-13/h5-6,9,12,14-15H,2-4,7-8H2,1H3. The van der Waals surface area contributed by atoms with Crippen LogP contribution in [-0.4, -0.2) is 32.6 Å². The third-order valence-corrected chi connectivity index (χ3v) is 5.71. The first-order valence-corrected chi connectivity index (χ1v) is 8.70. The Morgan fingerprint density at radius 2 is 2.16 bits per heavy atom. The van der Waals surface area contributed by atoms with Gasteiger partial charge in [0.25, 0.3) is 0 Å². The van der Waals surface area contributed by atoms with E-state index in [-0.39, 0.29) is 11.3 Å². The number of benzene rings is 1. The van der Waals surface area contributed by atoms with Crippen molar-refractivity contribution < 1.29 is 13.2 Å². The minimum Gasteiger partial charge on any atom is -0.493 e. The zero-order valence-corrected chi connectivity index (χ0v) is 11.9. The molecule has 1 aromatic rings. The molecule has 2 atom stereocenters. The number of ether oxygens (including phenoxy) is 1. The van der Waals surface area contributed by atoms with Crippen molar-refractivity contribution >= 4 is 15.5 Å². The highest BCUT2D eigenvalue weighted by atomic mass is 32.2. The molecule has 1 aliphatic carbocycles. The summed E-state index contributed by atoms with van der Waals surface area (Å²) in [5.41, 5.74) is 2.21. The minimum absolute atomic E-state index is 0.0374. The zero-order chi connectivity index (χ0) is 13.5. The summed E-state index contributed by atoms with van der Waals surface area (Å²) in [5.74, 6) is 0.955. The van der Waals surface area contributed by atoms with Crippen LogP contribution >= 0.6 is 0 Å². The second kappa shape index (κ2) is 4.71. The van der Waals surface area contributed by atoms with Gasteiger partial charge >= 0.3 is 0 Å². The first-order chi connectivity index (χ1) is 9.04. The Labute approximate surface area is 114 Å². The molecule has 0 aromatic heterocycles. The molecule has 0 amide bonds. The minimum atomic E-state index is -2.97. The fraction of sp³-hybridized carbons (Fsp3) is 0.571. The molecule has 5 heteroatoms. The molecule has 4 nitrogen and oxygen atoms in total. The van der Waals surface area contributed by atoms with Crippen molar-refractivity contribution in [2.45, 2.75) is 37.0 Å². The van der Waals surface area contributed by atoms with Crippen LogP contribution in [0.4, 0.5) is 5.69 Å². The average molecular weight is 281 g/mol. The lowest BCUT2D eigenvalue weighted by Crippen LogP contribution is -2.34. The van der Waals surface area contributed by atoms with E-state index in [4.69, 9.17) is 4.74 Å². The monoisotopic (exact) mass is 281 g/mol. The normalized spacial score (nSPS) is 25.9. The van der Waals surface area contributed by atoms with E-state index >= 15 is 0 Å². The van der Waals surface area contributed by atoms with Crippen molar-refractivity contribution in [1.82, 2.24) is 0 Å². The summed E-state index contributed by atoms with van der Waals surface area (Å²) in [6, 6.07) is 6.06. The SMILES string of the molecule is CS(=O)(=O)C1CCCC1Nc1ccc2c(c1)CCO2. The summed E-state index contributed by atoms with van der Waals surface area (Å²) < 4.78 is 29.0. The Morgan fingerprint density at radius 1 is 1.32 bits per heavy atom. The number of fused-ring (bicyclic) bond motifs is 1. The lowest BCUT2D eigenvalue weighted by Gasteiger charge is -2.21. The van der Waals surface area contributed by atoms with E-state index in [1.54, 1.807) is 0 Å². The van der Waals surface area contributed by atoms with Gasteiger partial charge in [0.2, 0.25) is 0 Å². The van der Waals surface area contributed by atoms with Crippen LogP contribution in [0.5, 0.6) is 5.75 Å². The molecular weight excluding hydrogens is 262 g/mol. The number of anilines is 1. The van der Waals surface area contributed by atoms with Crippen LogP contribution in [-0.2, 0) is 16.3 Å². The van der Waals surface area contributed by atoms with E-state index in [0.29, 0.717) is 0 Å². The van der Waals surface area contributed by atoms with Crippen LogP contribution in [0.2, 0.25) is 0 Å². The summed E-state index contributed by atoms with van der Waals surface area (Å²) in [7, 11) is -2.97. The van der Waals surface area contributed by atoms with Gasteiger partial charge in [0.1, 0.15) is 5.75 Å². The molecule has 0 spiro atoms. The van der Waals surface area contributed by atoms with E-state index < -0.39 is 9.84 Å². The second-order valence-electron chi connectivity index (χ2n) is 5.47. The van der Waals surface area contributed by atoms with Gasteiger partial charge in [0.15, 0.2) is 9.84 Å². The maximum absolute atomic E-state index is 11.8. The van der Waals surface area contributed by atoms with Crippen molar-refractivity contribution in [3.63, 3.8) is 0 Å². The molecule has 1 fully saturated rings. The van der Waals surface area contributed by atoms with Crippen LogP contribution < -0.4 is 10.1 Å². The maximum atomic E-state index is 11.8. The van der Waals surface area contributed by atoms with Crippen LogP contribution in [0.25, 0.3) is 0 Å². The highest BCUT2D eigenvalue weighted by Gasteiger charge is 2.34. The Bertz CT molecular complexity index is 582. The van der Waals surface area contributed by atoms with Gasteiger partial charge in [-0.15, -0.1) is 0 Å². The number of nitrogens with one attached hydrogen (secondary N) is 1. The first kappa shape index (κ1) is 12.8. The van der Waals surface area contributed by atoms with E-state index in [1.165, 1.54) is 11.8 Å². The third-order valence-electron chi connectivity index (χ3n) is 4.04. The van der Waals surface area contributed by atoms with E-state index in [0.717, 1.165) is 43.7 Å². The van der Waals surface area contributed by atoms with Gasteiger partial charge in [-0.05, 0) is 43.0 Å². The predicted octanol–water partition coefficient (Wildman–Crippen LogP) is 2.00. The highest BCUT2D eigenvalue weighted by Crippen LogP contribution is 2.31. The number of sulfone groups is 1. The van der Waals surface area contributed by atoms with Gasteiger partial charge in [-0.3, -0.25) is 0 Å². The van der Waals surface area contributed by atoms with Gasteiger partial charge in [-0.2, -0.15) is 0 Å². The Kier molecular flexibility index (Phi) is 3.17. The summed E-state index contributed by atoms with van der Waals surface area (Å²) in [6.07, 6.45) is 4.94. The summed E-state index contributed by atoms with van der Waals surface area (Å²) in [5, 5.41) is 3.14. The smallest absolute Gasteiger partial charge is 0.152 e. The zero-order valence-electron chi connectivity index (χ0n) is 11.1. The molecule has 19 heavy (non-hydrogen) atoms. The van der Waals surface area contributed by atoms with Gasteiger partial charge in [0, 0.05) is 24.4 Å². The fourth-order valence-electron chi connectivity index (χ4n) is 3.09. The quantitative estimate of drug-likeness (QED) is 0.920. The summed E-state index contributed by atoms with van der Waals surface area (Å²) in [6.45, 7) is 0.744. The highest BCUT2D eigenvalue weighted by molar-refractivity contribution is 7.91. The summed E-state index contributed by atoms with van der Waals surface area (Å²) in [4.78, 5) is 0. The fourth-order valence-corrected chi connectivity index (χ4v) is 4.49. The van der Waals surface area contributed by atoms with E-state index in [1.807, 2.05) is 12.1 Å². The molecule has 2 aliphatic rings. The lowest BCUT2D eigenvalue weighted by atomic mass is 10.1. The van der Waals surface area contributed by atoms with Crippen LogP contribution in [0.3, 0.4) is 0 Å². The van der Waals surface area contributed by atoms with Crippen molar-refractivity contribution in [3.05, 3.63) is 23.8 Å². The summed E-state index contributed by atoms with van der Waals surface area (Å²) >= 11 is 0. The molecule has 1 N–H and O–H groups in total. The molecule has 0 bridgehead atoms. The van der Waals surface area contributed by atoms with Crippen molar-refractivity contribution in [1.29, 1.82) is 0 Å². The molecule has 3 rings (SSSR count). The molecule has 1 aliphatic heterocycles. The Morgan fingerprint density at radius 3 is 2.95 bits per heavy atom. The van der Waals surface area contributed by atoms with Gasteiger partial charge in [-0.1, -0.05) is 0 Å². The second-order valence-corrected chi connectivity index (χ2v) is 7.74. The Balaban J connectivity index is 1.78. The molecule has 1 saturated carbocycles.